The third-order valence-corrected chi connectivity index (χ3v) is 6.45. The quantitative estimate of drug-likeness (QED) is 0.821. The highest BCUT2D eigenvalue weighted by Crippen LogP contribution is 2.30. The number of fused-ring (bicyclic) bond motifs is 4. The van der Waals surface area contributed by atoms with E-state index in [2.05, 4.69) is 28.9 Å². The van der Waals surface area contributed by atoms with Gasteiger partial charge >= 0.3 is 0 Å². The van der Waals surface area contributed by atoms with Crippen molar-refractivity contribution in [2.45, 2.75) is 32.4 Å². The smallest absolute Gasteiger partial charge is 0.255 e. The van der Waals surface area contributed by atoms with Crippen molar-refractivity contribution in [2.75, 3.05) is 26.7 Å². The summed E-state index contributed by atoms with van der Waals surface area (Å²) < 4.78 is 5.25. The largest absolute Gasteiger partial charge is 0.497 e. The van der Waals surface area contributed by atoms with Gasteiger partial charge in [-0.15, -0.1) is 11.3 Å². The molecule has 138 valence electrons. The lowest BCUT2D eigenvalue weighted by atomic mass is 9.94. The van der Waals surface area contributed by atoms with E-state index >= 15 is 0 Å². The number of hydrogen-bond acceptors (Lipinski definition) is 4. The maximum Gasteiger partial charge on any atom is 0.255 e. The molecule has 4 nitrogen and oxygen atoms in total. The number of thiophene rings is 1. The van der Waals surface area contributed by atoms with Crippen LogP contribution >= 0.6 is 11.3 Å². The Bertz CT molecular complexity index is 771. The summed E-state index contributed by atoms with van der Waals surface area (Å²) in [4.78, 5) is 18.9. The first-order valence-electron chi connectivity index (χ1n) is 9.34. The fourth-order valence-corrected chi connectivity index (χ4v) is 4.94. The number of nitrogens with zero attached hydrogens (tertiary/aromatic N) is 2. The summed E-state index contributed by atoms with van der Waals surface area (Å²) in [6.07, 6.45) is 2.36. The number of carbonyl (C=O) groups excluding carboxylic acids is 1. The van der Waals surface area contributed by atoms with E-state index in [1.165, 1.54) is 16.9 Å². The zero-order valence-electron chi connectivity index (χ0n) is 15.5. The molecule has 3 fully saturated rings. The van der Waals surface area contributed by atoms with E-state index < -0.39 is 0 Å². The van der Waals surface area contributed by atoms with Gasteiger partial charge in [-0.2, -0.15) is 0 Å². The first-order valence-corrected chi connectivity index (χ1v) is 10.2. The summed E-state index contributed by atoms with van der Waals surface area (Å²) in [5.41, 5.74) is 2.17. The van der Waals surface area contributed by atoms with Crippen LogP contribution in [0.25, 0.3) is 0 Å². The molecule has 4 heterocycles. The van der Waals surface area contributed by atoms with E-state index in [1.54, 1.807) is 18.4 Å². The van der Waals surface area contributed by atoms with E-state index in [1.807, 2.05) is 23.6 Å². The Kier molecular flexibility index (Phi) is 5.00. The van der Waals surface area contributed by atoms with Gasteiger partial charge in [-0.3, -0.25) is 9.69 Å². The van der Waals surface area contributed by atoms with Crippen LogP contribution in [-0.4, -0.2) is 48.5 Å². The molecule has 0 saturated carbocycles. The van der Waals surface area contributed by atoms with Gasteiger partial charge in [0.05, 0.1) is 12.7 Å². The van der Waals surface area contributed by atoms with Crippen molar-refractivity contribution < 1.29 is 9.53 Å². The summed E-state index contributed by atoms with van der Waals surface area (Å²) in [7, 11) is 1.70. The number of rotatable bonds is 4. The molecule has 1 aromatic heterocycles. The molecule has 0 unspecified atom stereocenters. The number of carbonyl (C=O) groups is 1. The normalized spacial score (nSPS) is 23.1. The number of methoxy groups -OCH3 is 1. The molecule has 0 spiro atoms. The lowest BCUT2D eigenvalue weighted by Gasteiger charge is -2.36. The predicted molar refractivity (Wildman–Crippen MR) is 105 cm³/mol. The van der Waals surface area contributed by atoms with Crippen molar-refractivity contribution in [3.8, 4) is 5.75 Å². The monoisotopic (exact) mass is 370 g/mol. The zero-order valence-corrected chi connectivity index (χ0v) is 16.3. The van der Waals surface area contributed by atoms with Gasteiger partial charge in [0.15, 0.2) is 0 Å². The zero-order chi connectivity index (χ0) is 18.1. The van der Waals surface area contributed by atoms with Crippen LogP contribution in [0.4, 0.5) is 0 Å². The van der Waals surface area contributed by atoms with Crippen molar-refractivity contribution in [3.05, 3.63) is 51.7 Å². The van der Waals surface area contributed by atoms with Gasteiger partial charge in [0.2, 0.25) is 0 Å². The highest BCUT2D eigenvalue weighted by atomic mass is 32.1. The average molecular weight is 371 g/mol. The lowest BCUT2D eigenvalue weighted by molar-refractivity contribution is 0.0585. The summed E-state index contributed by atoms with van der Waals surface area (Å²) in [6.45, 7) is 5.95. The third-order valence-electron chi connectivity index (χ3n) is 5.59. The standard InChI is InChI=1S/C21H26N2O2S/c1-15-9-18(14-26-15)21(24)23-12-17-3-6-19(23)13-22(11-17)10-16-4-7-20(25-2)8-5-16/h4-5,7-9,14,17,19H,3,6,10-13H2,1-2H3/t17-,19+/m0/s1. The second-order valence-electron chi connectivity index (χ2n) is 7.54. The van der Waals surface area contributed by atoms with E-state index in [9.17, 15) is 4.79 Å². The number of amides is 1. The van der Waals surface area contributed by atoms with Crippen LogP contribution in [0.3, 0.4) is 0 Å². The molecule has 3 aliphatic heterocycles. The Labute approximate surface area is 159 Å². The fraction of sp³-hybridized carbons (Fsp3) is 0.476. The minimum Gasteiger partial charge on any atom is -0.497 e. The molecule has 2 atom stereocenters. The molecule has 2 bridgehead atoms. The molecular formula is C21H26N2O2S. The van der Waals surface area contributed by atoms with E-state index in [4.69, 9.17) is 4.74 Å². The van der Waals surface area contributed by atoms with Crippen LogP contribution in [-0.2, 0) is 6.54 Å². The van der Waals surface area contributed by atoms with E-state index in [0.29, 0.717) is 12.0 Å². The molecule has 2 aromatic rings. The van der Waals surface area contributed by atoms with Crippen LogP contribution in [0.2, 0.25) is 0 Å². The molecule has 3 aliphatic rings. The maximum absolute atomic E-state index is 13.0. The van der Waals surface area contributed by atoms with Gasteiger partial charge in [0.1, 0.15) is 5.75 Å². The number of piperidine rings is 1. The molecule has 0 aliphatic carbocycles. The maximum atomic E-state index is 13.0. The van der Waals surface area contributed by atoms with E-state index in [-0.39, 0.29) is 5.91 Å². The molecule has 1 aromatic carbocycles. The van der Waals surface area contributed by atoms with Crippen LogP contribution in [0.15, 0.2) is 35.7 Å². The molecule has 5 rings (SSSR count). The van der Waals surface area contributed by atoms with Crippen molar-refractivity contribution in [1.82, 2.24) is 9.80 Å². The van der Waals surface area contributed by atoms with Gasteiger partial charge in [-0.05, 0) is 49.4 Å². The Morgan fingerprint density at radius 2 is 2.00 bits per heavy atom. The van der Waals surface area contributed by atoms with Crippen LogP contribution in [0, 0.1) is 12.8 Å². The van der Waals surface area contributed by atoms with Crippen LogP contribution in [0.1, 0.15) is 33.6 Å². The summed E-state index contributed by atoms with van der Waals surface area (Å²) in [5, 5.41) is 2.01. The second kappa shape index (κ2) is 7.41. The second-order valence-corrected chi connectivity index (χ2v) is 8.66. The Hall–Kier alpha value is -1.85. The molecule has 3 saturated heterocycles. The number of hydrogen-bond donors (Lipinski definition) is 0. The highest BCUT2D eigenvalue weighted by molar-refractivity contribution is 7.10. The van der Waals surface area contributed by atoms with Crippen molar-refractivity contribution in [3.63, 3.8) is 0 Å². The van der Waals surface area contributed by atoms with Crippen LogP contribution in [0.5, 0.6) is 5.75 Å². The number of benzene rings is 1. The third kappa shape index (κ3) is 3.64. The average Bonchev–Trinajstić information content (AvgIpc) is 2.90. The summed E-state index contributed by atoms with van der Waals surface area (Å²) >= 11 is 1.66. The first kappa shape index (κ1) is 17.6. The van der Waals surface area contributed by atoms with Gasteiger partial charge in [-0.25, -0.2) is 0 Å². The minimum atomic E-state index is 0.218. The SMILES string of the molecule is COc1ccc(CN2C[C@@H]3CC[C@H](C2)N(C(=O)c2csc(C)c2)C3)cc1. The molecule has 1 amide bonds. The van der Waals surface area contributed by atoms with Crippen LogP contribution < -0.4 is 4.74 Å². The summed E-state index contributed by atoms with van der Waals surface area (Å²) in [6, 6.07) is 10.7. The minimum absolute atomic E-state index is 0.218. The molecule has 0 radical (unpaired) electrons. The Morgan fingerprint density at radius 1 is 1.19 bits per heavy atom. The van der Waals surface area contributed by atoms with Crippen molar-refractivity contribution in [1.29, 1.82) is 0 Å². The highest BCUT2D eigenvalue weighted by Gasteiger charge is 2.37. The lowest BCUT2D eigenvalue weighted by Crippen LogP contribution is -2.47. The van der Waals surface area contributed by atoms with E-state index in [0.717, 1.165) is 43.9 Å². The van der Waals surface area contributed by atoms with Gasteiger partial charge in [0.25, 0.3) is 5.91 Å². The molecule has 0 N–H and O–H groups in total. The first-order chi connectivity index (χ1) is 12.6. The molecular weight excluding hydrogens is 344 g/mol. The van der Waals surface area contributed by atoms with Gasteiger partial charge in [0, 0.05) is 42.5 Å². The van der Waals surface area contributed by atoms with Crippen molar-refractivity contribution in [2.24, 2.45) is 5.92 Å². The summed E-state index contributed by atoms with van der Waals surface area (Å²) in [5.74, 6) is 1.69. The Morgan fingerprint density at radius 3 is 2.69 bits per heavy atom. The Balaban J connectivity index is 1.46. The predicted octanol–water partition coefficient (Wildman–Crippen LogP) is 3.80. The number of ether oxygens (including phenoxy) is 1. The fourth-order valence-electron chi connectivity index (χ4n) is 4.27. The molecule has 26 heavy (non-hydrogen) atoms. The molecule has 5 heteroatoms. The number of aryl methyl sites for hydroxylation is 1. The topological polar surface area (TPSA) is 32.8 Å². The van der Waals surface area contributed by atoms with Crippen molar-refractivity contribution >= 4 is 17.2 Å². The van der Waals surface area contributed by atoms with Gasteiger partial charge < -0.3 is 9.64 Å². The van der Waals surface area contributed by atoms with Gasteiger partial charge in [-0.1, -0.05) is 12.1 Å².